The highest BCUT2D eigenvalue weighted by atomic mass is 79.9. The Labute approximate surface area is 62.8 Å². The van der Waals surface area contributed by atoms with Crippen LogP contribution in [0.5, 0.6) is 0 Å². The van der Waals surface area contributed by atoms with Gasteiger partial charge in [0.15, 0.2) is 0 Å². The van der Waals surface area contributed by atoms with Gasteiger partial charge in [-0.2, -0.15) is 4.39 Å². The Morgan fingerprint density at radius 1 is 1.89 bits per heavy atom. The zero-order valence-electron chi connectivity index (χ0n) is 5.23. The third kappa shape index (κ3) is 3.95. The van der Waals surface area contributed by atoms with Crippen molar-refractivity contribution < 1.29 is 13.5 Å². The summed E-state index contributed by atoms with van der Waals surface area (Å²) < 4.78 is 25.6. The summed E-state index contributed by atoms with van der Waals surface area (Å²) in [6.45, 7) is 3.08. The van der Waals surface area contributed by atoms with E-state index in [2.05, 4.69) is 20.5 Å². The van der Waals surface area contributed by atoms with Gasteiger partial charge in [0, 0.05) is 22.9 Å². The summed E-state index contributed by atoms with van der Waals surface area (Å²) in [7, 11) is -2.22. The van der Waals surface area contributed by atoms with Crippen molar-refractivity contribution >= 4 is 24.0 Å². The van der Waals surface area contributed by atoms with Crippen molar-refractivity contribution in [2.45, 2.75) is 18.2 Å². The topological polar surface area (TPSA) is 26.3 Å². The maximum atomic E-state index is 12.5. The van der Waals surface area contributed by atoms with Crippen LogP contribution in [0.25, 0.3) is 0 Å². The van der Waals surface area contributed by atoms with Gasteiger partial charge in [0.2, 0.25) is 0 Å². The molecule has 0 aromatic heterocycles. The molecule has 0 spiro atoms. The summed E-state index contributed by atoms with van der Waals surface area (Å²) in [6, 6.07) is 0. The van der Waals surface area contributed by atoms with Crippen molar-refractivity contribution in [2.24, 2.45) is 0 Å². The molecule has 0 aliphatic heterocycles. The Balaban J connectivity index is 3.74. The molecule has 0 saturated carbocycles. The summed E-state index contributed by atoms with van der Waals surface area (Å²) in [5.74, 6) is 0. The fourth-order valence-corrected chi connectivity index (χ4v) is 0.999. The van der Waals surface area contributed by atoms with Crippen LogP contribution in [0.1, 0.15) is 13.8 Å². The van der Waals surface area contributed by atoms with Crippen molar-refractivity contribution in [1.29, 1.82) is 0 Å². The van der Waals surface area contributed by atoms with Crippen LogP contribution in [0.15, 0.2) is 0 Å². The molecule has 5 heteroatoms. The van der Waals surface area contributed by atoms with Gasteiger partial charge >= 0.3 is 12.3 Å². The van der Waals surface area contributed by atoms with Crippen molar-refractivity contribution in [3.8, 4) is 0 Å². The molecule has 0 aliphatic rings. The largest absolute Gasteiger partial charge is 0.560 e. The average molecular weight is 218 g/mol. The molecule has 0 N–H and O–H groups in total. The molecule has 0 rings (SSSR count). The average Bonchev–Trinajstić information content (AvgIpc) is 1.64. The minimum absolute atomic E-state index is 0.264. The highest BCUT2D eigenvalue weighted by molar-refractivity contribution is 9.11. The lowest BCUT2D eigenvalue weighted by molar-refractivity contribution is 0.308. The Morgan fingerprint density at radius 2 is 2.33 bits per heavy atom. The summed E-state index contributed by atoms with van der Waals surface area (Å²) in [4.78, 5) is 0. The number of rotatable bonds is 3. The van der Waals surface area contributed by atoms with Gasteiger partial charge in [0.05, 0.1) is 6.61 Å². The maximum absolute atomic E-state index is 12.5. The zero-order valence-corrected chi connectivity index (χ0v) is 7.71. The molecule has 0 aliphatic carbocycles. The SMILES string of the molecule is CCO[P+](=O)C(C)(F)Br. The first-order valence-corrected chi connectivity index (χ1v) is 4.43. The van der Waals surface area contributed by atoms with E-state index in [1.807, 2.05) is 0 Å². The van der Waals surface area contributed by atoms with E-state index < -0.39 is 12.3 Å². The molecule has 0 radical (unpaired) electrons. The van der Waals surface area contributed by atoms with E-state index >= 15 is 0 Å². The first kappa shape index (κ1) is 9.47. The number of hydrogen-bond donors (Lipinski definition) is 0. The predicted molar refractivity (Wildman–Crippen MR) is 37.7 cm³/mol. The van der Waals surface area contributed by atoms with Crippen molar-refractivity contribution in [3.05, 3.63) is 0 Å². The molecule has 0 aromatic rings. The van der Waals surface area contributed by atoms with Crippen LogP contribution < -0.4 is 0 Å². The fraction of sp³-hybridized carbons (Fsp3) is 1.00. The van der Waals surface area contributed by atoms with E-state index in [-0.39, 0.29) is 6.61 Å². The maximum Gasteiger partial charge on any atom is 0.560 e. The van der Waals surface area contributed by atoms with E-state index in [1.54, 1.807) is 6.92 Å². The van der Waals surface area contributed by atoms with Crippen molar-refractivity contribution in [2.75, 3.05) is 6.61 Å². The Bertz CT molecular complexity index is 112. The third-order valence-corrected chi connectivity index (χ3v) is 2.57. The fourth-order valence-electron chi connectivity index (χ4n) is 0.231. The molecule has 0 amide bonds. The molecule has 0 aromatic carbocycles. The quantitative estimate of drug-likeness (QED) is 0.537. The molecule has 2 nitrogen and oxygen atoms in total. The smallest absolute Gasteiger partial charge is 0.173 e. The van der Waals surface area contributed by atoms with Gasteiger partial charge in [-0.1, -0.05) is 0 Å². The van der Waals surface area contributed by atoms with Crippen LogP contribution in [0.2, 0.25) is 0 Å². The summed E-state index contributed by atoms with van der Waals surface area (Å²) in [5.41, 5.74) is 0. The monoisotopic (exact) mass is 217 g/mol. The Hall–Kier alpha value is 0.470. The molecule has 0 fully saturated rings. The predicted octanol–water partition coefficient (Wildman–Crippen LogP) is 2.80. The second-order valence-corrected chi connectivity index (χ2v) is 5.23. The van der Waals surface area contributed by atoms with Crippen LogP contribution in [0.4, 0.5) is 4.39 Å². The van der Waals surface area contributed by atoms with Crippen LogP contribution in [0, 0.1) is 0 Å². The normalized spacial score (nSPS) is 18.9. The molecule has 9 heavy (non-hydrogen) atoms. The van der Waals surface area contributed by atoms with Gasteiger partial charge in [-0.3, -0.25) is 0 Å². The van der Waals surface area contributed by atoms with Gasteiger partial charge in [-0.05, 0) is 11.5 Å². The van der Waals surface area contributed by atoms with Gasteiger partial charge in [0.1, 0.15) is 0 Å². The molecule has 2 atom stereocenters. The lowest BCUT2D eigenvalue weighted by Gasteiger charge is -1.94. The summed E-state index contributed by atoms with van der Waals surface area (Å²) in [5, 5.41) is 0. The van der Waals surface area contributed by atoms with E-state index in [0.717, 1.165) is 6.92 Å². The third-order valence-electron chi connectivity index (χ3n) is 0.567. The summed E-state index contributed by atoms with van der Waals surface area (Å²) in [6.07, 6.45) is 0. The molecule has 2 unspecified atom stereocenters. The molecule has 54 valence electrons. The minimum atomic E-state index is -2.22. The van der Waals surface area contributed by atoms with Crippen LogP contribution in [-0.2, 0) is 9.09 Å². The van der Waals surface area contributed by atoms with E-state index in [4.69, 9.17) is 0 Å². The summed E-state index contributed by atoms with van der Waals surface area (Å²) >= 11 is 2.57. The lowest BCUT2D eigenvalue weighted by atomic mass is 10.9. The molecule has 0 saturated heterocycles. The molecule has 0 heterocycles. The first-order valence-electron chi connectivity index (χ1n) is 2.46. The van der Waals surface area contributed by atoms with Gasteiger partial charge < -0.3 is 0 Å². The molecular weight excluding hydrogens is 210 g/mol. The van der Waals surface area contributed by atoms with Crippen LogP contribution in [0.3, 0.4) is 0 Å². The molecular formula is C4H8BrFO2P+. The van der Waals surface area contributed by atoms with Crippen molar-refractivity contribution in [1.82, 2.24) is 0 Å². The lowest BCUT2D eigenvalue weighted by Crippen LogP contribution is -2.00. The Kier molecular flexibility index (Phi) is 3.78. The van der Waals surface area contributed by atoms with Gasteiger partial charge in [0.25, 0.3) is 0 Å². The second kappa shape index (κ2) is 3.59. The number of halogens is 2. The van der Waals surface area contributed by atoms with Gasteiger partial charge in [-0.15, -0.1) is 4.52 Å². The Morgan fingerprint density at radius 3 is 2.44 bits per heavy atom. The van der Waals surface area contributed by atoms with E-state index in [0.29, 0.717) is 0 Å². The standard InChI is InChI=1S/C4H8BrFO2P/c1-3-8-9(7)4(2,5)6/h3H2,1-2H3/q+1. The highest BCUT2D eigenvalue weighted by Crippen LogP contribution is 2.45. The highest BCUT2D eigenvalue weighted by Gasteiger charge is 2.44. The van der Waals surface area contributed by atoms with Crippen molar-refractivity contribution in [3.63, 3.8) is 0 Å². The van der Waals surface area contributed by atoms with E-state index in [1.165, 1.54) is 0 Å². The van der Waals surface area contributed by atoms with E-state index in [9.17, 15) is 8.96 Å². The van der Waals surface area contributed by atoms with Crippen LogP contribution >= 0.6 is 24.0 Å². The number of hydrogen-bond acceptors (Lipinski definition) is 2. The molecule has 0 bridgehead atoms. The number of alkyl halides is 2. The zero-order chi connectivity index (χ0) is 7.49. The first-order chi connectivity index (χ1) is 3.98. The van der Waals surface area contributed by atoms with Crippen LogP contribution in [-0.4, -0.2) is 10.9 Å². The minimum Gasteiger partial charge on any atom is -0.173 e. The second-order valence-electron chi connectivity index (χ2n) is 1.52. The van der Waals surface area contributed by atoms with Gasteiger partial charge in [-0.25, -0.2) is 0 Å².